The zero-order chi connectivity index (χ0) is 16.2. The molecule has 1 aromatic carbocycles. The molecule has 1 heterocycles. The molecule has 1 N–H and O–H groups in total. The van der Waals surface area contributed by atoms with Crippen LogP contribution in [0.2, 0.25) is 0 Å². The fourth-order valence-corrected chi connectivity index (χ4v) is 2.90. The van der Waals surface area contributed by atoms with E-state index in [9.17, 15) is 4.79 Å². The molecule has 0 spiro atoms. The third-order valence-corrected chi connectivity index (χ3v) is 4.40. The first kappa shape index (κ1) is 16.8. The monoisotopic (exact) mass is 305 g/mol. The lowest BCUT2D eigenvalue weighted by Crippen LogP contribution is -2.47. The molecular weight excluding hydrogens is 278 g/mol. The van der Waals surface area contributed by atoms with Crippen molar-refractivity contribution in [3.63, 3.8) is 0 Å². The van der Waals surface area contributed by atoms with Crippen LogP contribution in [0.5, 0.6) is 5.75 Å². The molecule has 0 radical (unpaired) electrons. The van der Waals surface area contributed by atoms with E-state index in [1.807, 2.05) is 39.0 Å². The number of carbonyl (C=O) groups excluding carboxylic acids is 1. The fourth-order valence-electron chi connectivity index (χ4n) is 2.90. The highest BCUT2D eigenvalue weighted by Gasteiger charge is 2.37. The van der Waals surface area contributed by atoms with Gasteiger partial charge in [0.1, 0.15) is 5.75 Å². The van der Waals surface area contributed by atoms with Crippen molar-refractivity contribution in [1.29, 1.82) is 0 Å². The van der Waals surface area contributed by atoms with E-state index in [2.05, 4.69) is 11.4 Å². The van der Waals surface area contributed by atoms with Crippen molar-refractivity contribution in [3.8, 4) is 5.75 Å². The molecule has 1 aliphatic rings. The molecule has 0 saturated carbocycles. The molecular formula is C18H27NO3. The maximum Gasteiger partial charge on any atom is 0.225 e. The van der Waals surface area contributed by atoms with Crippen molar-refractivity contribution >= 4 is 5.91 Å². The van der Waals surface area contributed by atoms with Crippen LogP contribution >= 0.6 is 0 Å². The lowest BCUT2D eigenvalue weighted by Gasteiger charge is -2.39. The molecule has 1 aromatic rings. The molecule has 1 amide bonds. The SMILES string of the molecule is COc1ccccc1C1(CNC(=O)C(C)(C)C)CCOCC1. The van der Waals surface area contributed by atoms with Crippen molar-refractivity contribution in [2.45, 2.75) is 39.0 Å². The number of hydrogen-bond donors (Lipinski definition) is 1. The van der Waals surface area contributed by atoms with E-state index < -0.39 is 0 Å². The van der Waals surface area contributed by atoms with E-state index in [4.69, 9.17) is 9.47 Å². The van der Waals surface area contributed by atoms with Gasteiger partial charge in [0.25, 0.3) is 0 Å². The molecule has 0 bridgehead atoms. The van der Waals surface area contributed by atoms with Gasteiger partial charge >= 0.3 is 0 Å². The average Bonchev–Trinajstić information content (AvgIpc) is 2.52. The Morgan fingerprint density at radius 3 is 2.50 bits per heavy atom. The maximum atomic E-state index is 12.3. The first-order valence-electron chi connectivity index (χ1n) is 7.89. The van der Waals surface area contributed by atoms with Crippen molar-refractivity contribution in [3.05, 3.63) is 29.8 Å². The van der Waals surface area contributed by atoms with Gasteiger partial charge in [-0.1, -0.05) is 39.0 Å². The van der Waals surface area contributed by atoms with E-state index >= 15 is 0 Å². The van der Waals surface area contributed by atoms with Crippen LogP contribution in [0.15, 0.2) is 24.3 Å². The Kier molecular flexibility index (Phi) is 5.12. The van der Waals surface area contributed by atoms with E-state index in [-0.39, 0.29) is 16.7 Å². The van der Waals surface area contributed by atoms with Crippen LogP contribution < -0.4 is 10.1 Å². The maximum absolute atomic E-state index is 12.3. The number of rotatable bonds is 4. The summed E-state index contributed by atoms with van der Waals surface area (Å²) in [5, 5.41) is 3.13. The van der Waals surface area contributed by atoms with Gasteiger partial charge in [0.15, 0.2) is 0 Å². The van der Waals surface area contributed by atoms with Crippen molar-refractivity contribution in [2.75, 3.05) is 26.9 Å². The quantitative estimate of drug-likeness (QED) is 0.930. The van der Waals surface area contributed by atoms with Gasteiger partial charge in [-0.25, -0.2) is 0 Å². The largest absolute Gasteiger partial charge is 0.496 e. The summed E-state index contributed by atoms with van der Waals surface area (Å²) in [5.41, 5.74) is 0.661. The van der Waals surface area contributed by atoms with Gasteiger partial charge in [0.2, 0.25) is 5.91 Å². The first-order valence-corrected chi connectivity index (χ1v) is 7.89. The van der Waals surface area contributed by atoms with Crippen LogP contribution in [0.1, 0.15) is 39.2 Å². The number of amides is 1. The summed E-state index contributed by atoms with van der Waals surface area (Å²) < 4.78 is 11.1. The predicted octanol–water partition coefficient (Wildman–Crippen LogP) is 2.91. The molecule has 0 aliphatic carbocycles. The Bertz CT molecular complexity index is 513. The Hall–Kier alpha value is -1.55. The molecule has 1 saturated heterocycles. The molecule has 2 rings (SSSR count). The number of carbonyl (C=O) groups is 1. The Balaban J connectivity index is 2.26. The summed E-state index contributed by atoms with van der Waals surface area (Å²) in [6.45, 7) is 7.84. The standard InChI is InChI=1S/C18H27NO3/c1-17(2,3)16(20)19-13-18(9-11-22-12-10-18)14-7-5-6-8-15(14)21-4/h5-8H,9-13H2,1-4H3,(H,19,20). The molecule has 0 unspecified atom stereocenters. The number of hydrogen-bond acceptors (Lipinski definition) is 3. The Labute approximate surface area is 133 Å². The van der Waals surface area contributed by atoms with Crippen LogP contribution in [0.25, 0.3) is 0 Å². The second-order valence-electron chi connectivity index (χ2n) is 7.03. The number of nitrogens with one attached hydrogen (secondary N) is 1. The number of para-hydroxylation sites is 1. The van der Waals surface area contributed by atoms with Crippen molar-refractivity contribution < 1.29 is 14.3 Å². The van der Waals surface area contributed by atoms with Gasteiger partial charge in [0.05, 0.1) is 7.11 Å². The Morgan fingerprint density at radius 1 is 1.27 bits per heavy atom. The van der Waals surface area contributed by atoms with Gasteiger partial charge in [-0.3, -0.25) is 4.79 Å². The van der Waals surface area contributed by atoms with Gasteiger partial charge < -0.3 is 14.8 Å². The second-order valence-corrected chi connectivity index (χ2v) is 7.03. The summed E-state index contributed by atoms with van der Waals surface area (Å²) in [6, 6.07) is 8.09. The lowest BCUT2D eigenvalue weighted by molar-refractivity contribution is -0.129. The van der Waals surface area contributed by atoms with Crippen LogP contribution in [-0.2, 0) is 14.9 Å². The molecule has 4 heteroatoms. The smallest absolute Gasteiger partial charge is 0.225 e. The average molecular weight is 305 g/mol. The molecule has 0 aromatic heterocycles. The van der Waals surface area contributed by atoms with E-state index in [0.717, 1.165) is 24.2 Å². The molecule has 22 heavy (non-hydrogen) atoms. The van der Waals surface area contributed by atoms with E-state index in [1.54, 1.807) is 7.11 Å². The third-order valence-electron chi connectivity index (χ3n) is 4.40. The zero-order valence-electron chi connectivity index (χ0n) is 14.1. The third kappa shape index (κ3) is 3.61. The highest BCUT2D eigenvalue weighted by molar-refractivity contribution is 5.81. The van der Waals surface area contributed by atoms with E-state index in [1.165, 1.54) is 0 Å². The fraction of sp³-hybridized carbons (Fsp3) is 0.611. The summed E-state index contributed by atoms with van der Waals surface area (Å²) in [6.07, 6.45) is 1.77. The normalized spacial score (nSPS) is 17.8. The predicted molar refractivity (Wildman–Crippen MR) is 87.2 cm³/mol. The van der Waals surface area contributed by atoms with Crippen LogP contribution in [0.3, 0.4) is 0 Å². The minimum Gasteiger partial charge on any atom is -0.496 e. The van der Waals surface area contributed by atoms with E-state index in [0.29, 0.717) is 19.8 Å². The van der Waals surface area contributed by atoms with Crippen molar-refractivity contribution in [1.82, 2.24) is 5.32 Å². The first-order chi connectivity index (χ1) is 10.4. The molecule has 122 valence electrons. The number of methoxy groups -OCH3 is 1. The minimum atomic E-state index is -0.382. The minimum absolute atomic E-state index is 0.0771. The zero-order valence-corrected chi connectivity index (χ0v) is 14.1. The second kappa shape index (κ2) is 6.69. The van der Waals surface area contributed by atoms with Gasteiger partial charge in [-0.05, 0) is 18.9 Å². The van der Waals surface area contributed by atoms with Crippen molar-refractivity contribution in [2.24, 2.45) is 5.41 Å². The van der Waals surface area contributed by atoms with Gasteiger partial charge in [0, 0.05) is 36.2 Å². The molecule has 1 aliphatic heterocycles. The van der Waals surface area contributed by atoms with Crippen LogP contribution in [0, 0.1) is 5.41 Å². The summed E-state index contributed by atoms with van der Waals surface area (Å²) in [7, 11) is 1.69. The summed E-state index contributed by atoms with van der Waals surface area (Å²) in [4.78, 5) is 12.3. The molecule has 4 nitrogen and oxygen atoms in total. The number of benzene rings is 1. The van der Waals surface area contributed by atoms with Crippen LogP contribution in [-0.4, -0.2) is 32.8 Å². The number of ether oxygens (including phenoxy) is 2. The van der Waals surface area contributed by atoms with Crippen LogP contribution in [0.4, 0.5) is 0 Å². The lowest BCUT2D eigenvalue weighted by atomic mass is 9.73. The Morgan fingerprint density at radius 2 is 1.91 bits per heavy atom. The highest BCUT2D eigenvalue weighted by atomic mass is 16.5. The molecule has 1 fully saturated rings. The molecule has 0 atom stereocenters. The highest BCUT2D eigenvalue weighted by Crippen LogP contribution is 2.39. The van der Waals surface area contributed by atoms with Gasteiger partial charge in [-0.15, -0.1) is 0 Å². The van der Waals surface area contributed by atoms with Gasteiger partial charge in [-0.2, -0.15) is 0 Å². The summed E-state index contributed by atoms with van der Waals surface area (Å²) >= 11 is 0. The summed E-state index contributed by atoms with van der Waals surface area (Å²) in [5.74, 6) is 0.961. The topological polar surface area (TPSA) is 47.6 Å².